The highest BCUT2D eigenvalue weighted by molar-refractivity contribution is 5.92. The number of benzene rings is 1. The van der Waals surface area contributed by atoms with Gasteiger partial charge in [0.2, 0.25) is 0 Å². The lowest BCUT2D eigenvalue weighted by molar-refractivity contribution is 0.0343. The van der Waals surface area contributed by atoms with E-state index < -0.39 is 5.97 Å². The van der Waals surface area contributed by atoms with E-state index in [9.17, 15) is 9.90 Å². The van der Waals surface area contributed by atoms with Crippen LogP contribution in [0.4, 0.5) is 0 Å². The van der Waals surface area contributed by atoms with Gasteiger partial charge in [-0.15, -0.1) is 0 Å². The molecule has 1 aliphatic rings. The molecule has 1 aliphatic heterocycles. The van der Waals surface area contributed by atoms with Crippen molar-refractivity contribution in [3.8, 4) is 11.5 Å². The van der Waals surface area contributed by atoms with Crippen molar-refractivity contribution in [2.75, 3.05) is 26.3 Å². The molecule has 1 atom stereocenters. The van der Waals surface area contributed by atoms with Gasteiger partial charge in [-0.05, 0) is 51.4 Å². The Morgan fingerprint density at radius 3 is 2.74 bits per heavy atom. The van der Waals surface area contributed by atoms with Crippen LogP contribution in [0.1, 0.15) is 49.9 Å². The van der Waals surface area contributed by atoms with Crippen molar-refractivity contribution in [3.63, 3.8) is 0 Å². The Hall–Kier alpha value is -1.75. The summed E-state index contributed by atoms with van der Waals surface area (Å²) in [6.07, 6.45) is 4.54. The molecule has 0 aromatic heterocycles. The van der Waals surface area contributed by atoms with Gasteiger partial charge >= 0.3 is 5.97 Å². The molecule has 1 aromatic carbocycles. The second-order valence-corrected chi connectivity index (χ2v) is 6.07. The number of rotatable bonds is 7. The van der Waals surface area contributed by atoms with Crippen LogP contribution in [-0.2, 0) is 4.74 Å². The van der Waals surface area contributed by atoms with Crippen LogP contribution in [0.2, 0.25) is 0 Å². The van der Waals surface area contributed by atoms with Crippen molar-refractivity contribution < 1.29 is 19.4 Å². The van der Waals surface area contributed by atoms with Crippen molar-refractivity contribution in [1.82, 2.24) is 4.90 Å². The van der Waals surface area contributed by atoms with Crippen LogP contribution in [0.3, 0.4) is 0 Å². The van der Waals surface area contributed by atoms with Crippen LogP contribution >= 0.6 is 0 Å². The van der Waals surface area contributed by atoms with Crippen LogP contribution in [0.25, 0.3) is 0 Å². The van der Waals surface area contributed by atoms with Gasteiger partial charge in [-0.2, -0.15) is 0 Å². The number of carbonyl (C=O) groups excluding carboxylic acids is 1. The fourth-order valence-corrected chi connectivity index (χ4v) is 2.75. The summed E-state index contributed by atoms with van der Waals surface area (Å²) < 4.78 is 11.0. The molecular weight excluding hydrogens is 294 g/mol. The minimum Gasteiger partial charge on any atom is -0.508 e. The third kappa shape index (κ3) is 5.13. The SMILES string of the molecule is CCCOc1cc(O)ccc1C(=O)OC[C@H](C)N1CCCCC1. The van der Waals surface area contributed by atoms with Gasteiger partial charge in [-0.1, -0.05) is 13.3 Å². The first-order valence-corrected chi connectivity index (χ1v) is 8.48. The summed E-state index contributed by atoms with van der Waals surface area (Å²) in [6, 6.07) is 4.70. The number of phenols is 1. The molecule has 23 heavy (non-hydrogen) atoms. The van der Waals surface area contributed by atoms with E-state index in [0.717, 1.165) is 19.5 Å². The molecule has 5 nitrogen and oxygen atoms in total. The second kappa shape index (κ2) is 8.77. The lowest BCUT2D eigenvalue weighted by atomic mass is 10.1. The molecule has 128 valence electrons. The number of ether oxygens (including phenoxy) is 2. The van der Waals surface area contributed by atoms with Crippen molar-refractivity contribution >= 4 is 5.97 Å². The van der Waals surface area contributed by atoms with Gasteiger partial charge in [0, 0.05) is 12.1 Å². The first-order valence-electron chi connectivity index (χ1n) is 8.48. The molecule has 0 radical (unpaired) electrons. The number of likely N-dealkylation sites (tertiary alicyclic amines) is 1. The molecule has 0 saturated carbocycles. The molecular formula is C18H27NO4. The maximum Gasteiger partial charge on any atom is 0.341 e. The minimum atomic E-state index is -0.403. The molecule has 1 saturated heterocycles. The largest absolute Gasteiger partial charge is 0.508 e. The summed E-state index contributed by atoms with van der Waals surface area (Å²) in [7, 11) is 0. The lowest BCUT2D eigenvalue weighted by Gasteiger charge is -2.31. The number of phenolic OH excluding ortho intramolecular Hbond substituents is 1. The third-order valence-electron chi connectivity index (χ3n) is 4.12. The summed E-state index contributed by atoms with van der Waals surface area (Å²) >= 11 is 0. The quantitative estimate of drug-likeness (QED) is 0.782. The first-order chi connectivity index (χ1) is 11.1. The molecule has 1 aromatic rings. The summed E-state index contributed by atoms with van der Waals surface area (Å²) in [5.74, 6) is 0.0526. The number of aromatic hydroxyl groups is 1. The van der Waals surface area contributed by atoms with Crippen LogP contribution in [0.5, 0.6) is 11.5 Å². The number of hydrogen-bond acceptors (Lipinski definition) is 5. The predicted octanol–water partition coefficient (Wildman–Crippen LogP) is 3.21. The van der Waals surface area contributed by atoms with E-state index in [0.29, 0.717) is 24.5 Å². The minimum absolute atomic E-state index is 0.0781. The maximum absolute atomic E-state index is 12.3. The van der Waals surface area contributed by atoms with Crippen LogP contribution in [0, 0.1) is 0 Å². The Kier molecular flexibility index (Phi) is 6.71. The van der Waals surface area contributed by atoms with Gasteiger partial charge in [-0.3, -0.25) is 4.90 Å². The molecule has 1 heterocycles. The van der Waals surface area contributed by atoms with E-state index >= 15 is 0 Å². The van der Waals surface area contributed by atoms with E-state index in [1.54, 1.807) is 6.07 Å². The Balaban J connectivity index is 1.94. The Morgan fingerprint density at radius 1 is 1.30 bits per heavy atom. The molecule has 1 N–H and O–H groups in total. The molecule has 0 spiro atoms. The monoisotopic (exact) mass is 321 g/mol. The summed E-state index contributed by atoms with van der Waals surface area (Å²) in [6.45, 7) is 7.08. The zero-order valence-electron chi connectivity index (χ0n) is 14.1. The van der Waals surface area contributed by atoms with E-state index in [2.05, 4.69) is 11.8 Å². The molecule has 0 amide bonds. The molecule has 0 bridgehead atoms. The fourth-order valence-electron chi connectivity index (χ4n) is 2.75. The van der Waals surface area contributed by atoms with Gasteiger partial charge in [0.15, 0.2) is 0 Å². The average Bonchev–Trinajstić information content (AvgIpc) is 2.58. The van der Waals surface area contributed by atoms with Crippen molar-refractivity contribution in [1.29, 1.82) is 0 Å². The summed E-state index contributed by atoms with van der Waals surface area (Å²) in [4.78, 5) is 14.7. The van der Waals surface area contributed by atoms with E-state index in [-0.39, 0.29) is 11.8 Å². The van der Waals surface area contributed by atoms with E-state index in [4.69, 9.17) is 9.47 Å². The Labute approximate surface area is 138 Å². The number of nitrogens with zero attached hydrogens (tertiary/aromatic N) is 1. The molecule has 0 aliphatic carbocycles. The number of carbonyl (C=O) groups is 1. The Bertz CT molecular complexity index is 512. The molecule has 2 rings (SSSR count). The van der Waals surface area contributed by atoms with Gasteiger partial charge in [0.1, 0.15) is 23.7 Å². The zero-order valence-corrected chi connectivity index (χ0v) is 14.1. The number of piperidine rings is 1. The maximum atomic E-state index is 12.3. The highest BCUT2D eigenvalue weighted by Crippen LogP contribution is 2.25. The van der Waals surface area contributed by atoms with Crippen LogP contribution in [0.15, 0.2) is 18.2 Å². The van der Waals surface area contributed by atoms with Gasteiger partial charge in [-0.25, -0.2) is 4.79 Å². The number of hydrogen-bond donors (Lipinski definition) is 1. The van der Waals surface area contributed by atoms with Gasteiger partial charge < -0.3 is 14.6 Å². The zero-order chi connectivity index (χ0) is 16.7. The average molecular weight is 321 g/mol. The molecule has 5 heteroatoms. The standard InChI is InChI=1S/C18H27NO4/c1-3-11-22-17-12-15(20)7-8-16(17)18(21)23-13-14(2)19-9-5-4-6-10-19/h7-8,12,14,20H,3-6,9-11,13H2,1-2H3/t14-/m0/s1. The smallest absolute Gasteiger partial charge is 0.341 e. The molecule has 1 fully saturated rings. The van der Waals surface area contributed by atoms with E-state index in [1.165, 1.54) is 31.4 Å². The van der Waals surface area contributed by atoms with Crippen molar-refractivity contribution in [2.45, 2.75) is 45.6 Å². The second-order valence-electron chi connectivity index (χ2n) is 6.07. The topological polar surface area (TPSA) is 59.0 Å². The van der Waals surface area contributed by atoms with Gasteiger partial charge in [0.25, 0.3) is 0 Å². The van der Waals surface area contributed by atoms with Crippen molar-refractivity contribution in [3.05, 3.63) is 23.8 Å². The summed E-state index contributed by atoms with van der Waals surface area (Å²) in [5.41, 5.74) is 0.363. The highest BCUT2D eigenvalue weighted by Gasteiger charge is 2.20. The summed E-state index contributed by atoms with van der Waals surface area (Å²) in [5, 5.41) is 9.57. The van der Waals surface area contributed by atoms with Crippen molar-refractivity contribution in [2.24, 2.45) is 0 Å². The lowest BCUT2D eigenvalue weighted by Crippen LogP contribution is -2.40. The number of esters is 1. The van der Waals surface area contributed by atoms with Crippen LogP contribution < -0.4 is 4.74 Å². The fraction of sp³-hybridized carbons (Fsp3) is 0.611. The Morgan fingerprint density at radius 2 is 2.04 bits per heavy atom. The van der Waals surface area contributed by atoms with Gasteiger partial charge in [0.05, 0.1) is 6.61 Å². The van der Waals surface area contributed by atoms with Crippen LogP contribution in [-0.4, -0.2) is 48.3 Å². The predicted molar refractivity (Wildman–Crippen MR) is 89.1 cm³/mol. The van der Waals surface area contributed by atoms with E-state index in [1.807, 2.05) is 6.92 Å². The highest BCUT2D eigenvalue weighted by atomic mass is 16.5. The normalized spacial score (nSPS) is 16.8. The molecule has 0 unspecified atom stereocenters. The first kappa shape index (κ1) is 17.6. The third-order valence-corrected chi connectivity index (χ3v) is 4.12.